The normalized spacial score (nSPS) is 16.7. The van der Waals surface area contributed by atoms with Crippen molar-refractivity contribution in [2.24, 2.45) is 7.05 Å². The largest absolute Gasteiger partial charge is 0.475 e. The number of hydrogen-bond donors (Lipinski definition) is 2. The molecule has 5 rings (SSSR count). The van der Waals surface area contributed by atoms with E-state index in [9.17, 15) is 13.9 Å². The van der Waals surface area contributed by atoms with Crippen molar-refractivity contribution >= 4 is 27.8 Å². The van der Waals surface area contributed by atoms with Crippen molar-refractivity contribution in [3.05, 3.63) is 76.5 Å². The molecule has 0 bridgehead atoms. The molecule has 0 saturated heterocycles. The quantitative estimate of drug-likeness (QED) is 0.306. The lowest BCUT2D eigenvalue weighted by molar-refractivity contribution is -0.143. The van der Waals surface area contributed by atoms with E-state index in [-0.39, 0.29) is 42.2 Å². The van der Waals surface area contributed by atoms with Crippen molar-refractivity contribution in [1.82, 2.24) is 24.3 Å². The Morgan fingerprint density at radius 3 is 2.82 bits per heavy atom. The lowest BCUT2D eigenvalue weighted by atomic mass is 9.84. The summed E-state index contributed by atoms with van der Waals surface area (Å²) < 4.78 is 36.9. The fraction of sp³-hybridized carbons (Fsp3) is 0.357. The van der Waals surface area contributed by atoms with Gasteiger partial charge in [-0.05, 0) is 66.8 Å². The Kier molecular flexibility index (Phi) is 7.59. The molecule has 3 heterocycles. The second kappa shape index (κ2) is 10.9. The fourth-order valence-corrected chi connectivity index (χ4v) is 6.59. The summed E-state index contributed by atoms with van der Waals surface area (Å²) >= 11 is 0. The average molecular weight is 552 g/mol. The van der Waals surface area contributed by atoms with Gasteiger partial charge in [0.2, 0.25) is 5.88 Å². The smallest absolute Gasteiger partial charge is 0.306 e. The first-order valence-electron chi connectivity index (χ1n) is 12.9. The summed E-state index contributed by atoms with van der Waals surface area (Å²) in [4.78, 5) is 17.2. The lowest BCUT2D eigenvalue weighted by Crippen LogP contribution is -2.29. The average Bonchev–Trinajstić information content (AvgIpc) is 3.24. The van der Waals surface area contributed by atoms with Gasteiger partial charge in [-0.1, -0.05) is 29.5 Å². The predicted molar refractivity (Wildman–Crippen MR) is 149 cm³/mol. The van der Waals surface area contributed by atoms with Crippen LogP contribution in [0.25, 0.3) is 11.0 Å². The van der Waals surface area contributed by atoms with Crippen LogP contribution in [-0.2, 0) is 23.1 Å². The number of pyridine rings is 1. The molecule has 1 atom stereocenters. The van der Waals surface area contributed by atoms with Crippen LogP contribution in [-0.4, -0.2) is 59.1 Å². The number of aromatic nitrogens is 4. The summed E-state index contributed by atoms with van der Waals surface area (Å²) in [5.74, 6) is -0.325. The second-order valence-corrected chi connectivity index (χ2v) is 11.6. The highest BCUT2D eigenvalue weighted by Crippen LogP contribution is 2.56. The number of hydrogen-bond acceptors (Lipinski definition) is 9. The SMILES string of the molecule is CCOC(=O)CC(c1ccc(C)c(CN2CCOc3ncccc3S2(O)O)c1)c1ccc2c(nnn2C)c1C. The van der Waals surface area contributed by atoms with Gasteiger partial charge in [-0.25, -0.2) is 9.67 Å². The van der Waals surface area contributed by atoms with E-state index in [2.05, 4.69) is 15.3 Å². The number of carbonyl (C=O) groups excluding carboxylic acids is 1. The van der Waals surface area contributed by atoms with E-state index >= 15 is 0 Å². The number of esters is 1. The minimum atomic E-state index is -3.32. The molecule has 0 amide bonds. The Balaban J connectivity index is 1.53. The molecule has 2 aromatic carbocycles. The summed E-state index contributed by atoms with van der Waals surface area (Å²) in [6.45, 7) is 6.97. The van der Waals surface area contributed by atoms with Gasteiger partial charge in [-0.2, -0.15) is 4.31 Å². The molecule has 0 spiro atoms. The van der Waals surface area contributed by atoms with Gasteiger partial charge in [0.05, 0.1) is 25.1 Å². The van der Waals surface area contributed by atoms with Gasteiger partial charge < -0.3 is 9.47 Å². The Bertz CT molecular complexity index is 1520. The molecule has 1 aliphatic rings. The van der Waals surface area contributed by atoms with Crippen molar-refractivity contribution in [1.29, 1.82) is 0 Å². The highest BCUT2D eigenvalue weighted by molar-refractivity contribution is 8.22. The Morgan fingerprint density at radius 2 is 2.03 bits per heavy atom. The molecule has 2 N–H and O–H groups in total. The van der Waals surface area contributed by atoms with E-state index in [0.29, 0.717) is 13.2 Å². The zero-order valence-corrected chi connectivity index (χ0v) is 23.3. The molecule has 10 nitrogen and oxygen atoms in total. The van der Waals surface area contributed by atoms with Crippen LogP contribution in [0.4, 0.5) is 0 Å². The molecule has 11 heteroatoms. The van der Waals surface area contributed by atoms with Gasteiger partial charge in [-0.3, -0.25) is 13.9 Å². The number of rotatable bonds is 7. The van der Waals surface area contributed by atoms with Gasteiger partial charge in [0, 0.05) is 25.7 Å². The van der Waals surface area contributed by atoms with Crippen molar-refractivity contribution < 1.29 is 23.4 Å². The van der Waals surface area contributed by atoms with E-state index in [4.69, 9.17) is 9.47 Å². The van der Waals surface area contributed by atoms with Crippen LogP contribution in [0.1, 0.15) is 47.1 Å². The Morgan fingerprint density at radius 1 is 1.21 bits per heavy atom. The molecule has 0 saturated carbocycles. The molecule has 1 unspecified atom stereocenters. The molecule has 1 aliphatic heterocycles. The maximum Gasteiger partial charge on any atom is 0.306 e. The highest BCUT2D eigenvalue weighted by Gasteiger charge is 2.32. The van der Waals surface area contributed by atoms with Gasteiger partial charge in [0.25, 0.3) is 0 Å². The molecular weight excluding hydrogens is 518 g/mol. The van der Waals surface area contributed by atoms with Crippen LogP contribution < -0.4 is 4.74 Å². The molecular formula is C28H33N5O5S. The first-order chi connectivity index (χ1) is 18.7. The van der Waals surface area contributed by atoms with Crippen molar-refractivity contribution in [3.63, 3.8) is 0 Å². The predicted octanol–water partition coefficient (Wildman–Crippen LogP) is 4.98. The first kappa shape index (κ1) is 27.1. The summed E-state index contributed by atoms with van der Waals surface area (Å²) in [7, 11) is -1.47. The molecule has 206 valence electrons. The number of nitrogens with zero attached hydrogens (tertiary/aromatic N) is 5. The van der Waals surface area contributed by atoms with Gasteiger partial charge in [0.1, 0.15) is 17.0 Å². The van der Waals surface area contributed by atoms with Crippen LogP contribution in [0.3, 0.4) is 0 Å². The van der Waals surface area contributed by atoms with Gasteiger partial charge >= 0.3 is 5.97 Å². The standard InChI is InChI=1S/C28H33N5O5S/c1-5-37-26(34)16-23(22-10-11-24-27(19(22)3)30-31-32(24)4)20-9-8-18(2)21(15-20)17-33-13-14-38-28-25(39(33,35)36)7-6-12-29-28/h6-12,15,23,35-36H,5,13-14,16-17H2,1-4H3. The number of fused-ring (bicyclic) bond motifs is 2. The topological polar surface area (TPSA) is 123 Å². The molecule has 4 aromatic rings. The van der Waals surface area contributed by atoms with E-state index in [1.807, 2.05) is 51.2 Å². The maximum absolute atomic E-state index is 12.7. The Labute approximate surface area is 229 Å². The molecule has 39 heavy (non-hydrogen) atoms. The van der Waals surface area contributed by atoms with Crippen LogP contribution in [0.2, 0.25) is 0 Å². The zero-order valence-electron chi connectivity index (χ0n) is 22.5. The van der Waals surface area contributed by atoms with E-state index < -0.39 is 10.8 Å². The number of aryl methyl sites for hydroxylation is 3. The van der Waals surface area contributed by atoms with E-state index in [1.165, 1.54) is 0 Å². The first-order valence-corrected chi connectivity index (χ1v) is 14.4. The third kappa shape index (κ3) is 5.22. The molecule has 2 aromatic heterocycles. The second-order valence-electron chi connectivity index (χ2n) is 9.65. The molecule has 0 aliphatic carbocycles. The van der Waals surface area contributed by atoms with Crippen molar-refractivity contribution in [2.75, 3.05) is 19.8 Å². The van der Waals surface area contributed by atoms with Crippen molar-refractivity contribution in [3.8, 4) is 5.88 Å². The monoisotopic (exact) mass is 551 g/mol. The molecule has 0 fully saturated rings. The van der Waals surface area contributed by atoms with Crippen molar-refractivity contribution in [2.45, 2.75) is 44.6 Å². The highest BCUT2D eigenvalue weighted by atomic mass is 32.3. The number of ether oxygens (including phenoxy) is 2. The minimum absolute atomic E-state index is 0.161. The number of benzene rings is 2. The van der Waals surface area contributed by atoms with E-state index in [0.717, 1.165) is 38.9 Å². The summed E-state index contributed by atoms with van der Waals surface area (Å²) in [5.41, 5.74) is 6.49. The third-order valence-corrected chi connectivity index (χ3v) is 9.16. The maximum atomic E-state index is 12.7. The summed E-state index contributed by atoms with van der Waals surface area (Å²) in [6.07, 6.45) is 1.73. The third-order valence-electron chi connectivity index (χ3n) is 7.22. The van der Waals surface area contributed by atoms with Gasteiger partial charge in [0.15, 0.2) is 0 Å². The van der Waals surface area contributed by atoms with Crippen LogP contribution in [0, 0.1) is 13.8 Å². The zero-order chi connectivity index (χ0) is 27.7. The summed E-state index contributed by atoms with van der Waals surface area (Å²) in [5, 5.41) is 8.50. The van der Waals surface area contributed by atoms with Crippen LogP contribution in [0.5, 0.6) is 5.88 Å². The van der Waals surface area contributed by atoms with Crippen LogP contribution >= 0.6 is 10.8 Å². The van der Waals surface area contributed by atoms with Crippen LogP contribution in [0.15, 0.2) is 53.6 Å². The fourth-order valence-electron chi connectivity index (χ4n) is 5.06. The summed E-state index contributed by atoms with van der Waals surface area (Å²) in [6, 6.07) is 13.4. The Hall–Kier alpha value is -3.51. The van der Waals surface area contributed by atoms with Gasteiger partial charge in [-0.15, -0.1) is 15.9 Å². The molecule has 0 radical (unpaired) electrons. The van der Waals surface area contributed by atoms with E-state index in [1.54, 1.807) is 34.2 Å². The number of carbonyl (C=O) groups is 1. The lowest BCUT2D eigenvalue weighted by Gasteiger charge is -2.41. The minimum Gasteiger partial charge on any atom is -0.475 e.